The van der Waals surface area contributed by atoms with Crippen LogP contribution in [-0.4, -0.2) is 51.7 Å². The van der Waals surface area contributed by atoms with Crippen LogP contribution in [0.2, 0.25) is 0 Å². The summed E-state index contributed by atoms with van der Waals surface area (Å²) in [5.74, 6) is 0.0147. The molecule has 0 aliphatic carbocycles. The Morgan fingerprint density at radius 1 is 0.923 bits per heavy atom. The molecule has 1 saturated heterocycles. The van der Waals surface area contributed by atoms with Crippen LogP contribution >= 0.6 is 0 Å². The van der Waals surface area contributed by atoms with Gasteiger partial charge in [0.05, 0.1) is 4.90 Å². The first-order valence-electron chi connectivity index (χ1n) is 8.50. The van der Waals surface area contributed by atoms with Crippen LogP contribution in [0.25, 0.3) is 6.08 Å². The van der Waals surface area contributed by atoms with Gasteiger partial charge in [0, 0.05) is 44.2 Å². The number of carbonyl (C=O) groups excluding carboxylic acids is 1. The molecule has 2 aromatic carbocycles. The van der Waals surface area contributed by atoms with E-state index in [1.807, 2.05) is 53.4 Å². The molecule has 3 rings (SSSR count). The van der Waals surface area contributed by atoms with Crippen molar-refractivity contribution in [3.63, 3.8) is 0 Å². The third-order valence-corrected chi connectivity index (χ3v) is 5.57. The predicted molar refractivity (Wildman–Crippen MR) is 104 cm³/mol. The van der Waals surface area contributed by atoms with Crippen molar-refractivity contribution in [3.05, 3.63) is 66.2 Å². The fourth-order valence-corrected chi connectivity index (χ4v) is 3.56. The molecule has 1 fully saturated rings. The topological polar surface area (TPSA) is 57.7 Å². The Labute approximate surface area is 154 Å². The van der Waals surface area contributed by atoms with Crippen LogP contribution < -0.4 is 4.90 Å². The number of anilines is 1. The Hall–Kier alpha value is -2.60. The number of hydrogen-bond donors (Lipinski definition) is 0. The third-order valence-electron chi connectivity index (χ3n) is 4.44. The van der Waals surface area contributed by atoms with Gasteiger partial charge in [-0.25, -0.2) is 8.42 Å². The molecule has 0 bridgehead atoms. The molecule has 0 aromatic heterocycles. The SMILES string of the molecule is CS(=O)(=O)c1ccc(N2CCN(C(=O)C=Cc3ccccc3)CC2)cc1. The molecule has 5 nitrogen and oxygen atoms in total. The standard InChI is InChI=1S/C20H22N2O3S/c1-26(24,25)19-10-8-18(9-11-19)21-13-15-22(16-14-21)20(23)12-7-17-5-3-2-4-6-17/h2-12H,13-16H2,1H3. The molecule has 1 heterocycles. The van der Waals surface area contributed by atoms with Gasteiger partial charge in [0.1, 0.15) is 0 Å². The maximum atomic E-state index is 12.3. The Kier molecular flexibility index (Phi) is 5.42. The highest BCUT2D eigenvalue weighted by Gasteiger charge is 2.20. The number of sulfone groups is 1. The van der Waals surface area contributed by atoms with Crippen molar-refractivity contribution < 1.29 is 13.2 Å². The lowest BCUT2D eigenvalue weighted by Gasteiger charge is -2.35. The van der Waals surface area contributed by atoms with Gasteiger partial charge in [-0.1, -0.05) is 30.3 Å². The van der Waals surface area contributed by atoms with Crippen molar-refractivity contribution in [1.82, 2.24) is 4.90 Å². The Balaban J connectivity index is 1.57. The van der Waals surface area contributed by atoms with Crippen molar-refractivity contribution in [2.24, 2.45) is 0 Å². The third kappa shape index (κ3) is 4.52. The molecular formula is C20H22N2O3S. The largest absolute Gasteiger partial charge is 0.368 e. The lowest BCUT2D eigenvalue weighted by atomic mass is 10.2. The summed E-state index contributed by atoms with van der Waals surface area (Å²) in [4.78, 5) is 16.6. The average Bonchev–Trinajstić information content (AvgIpc) is 2.66. The fourth-order valence-electron chi connectivity index (χ4n) is 2.93. The molecule has 0 spiro atoms. The molecule has 1 aliphatic rings. The number of amides is 1. The summed E-state index contributed by atoms with van der Waals surface area (Å²) in [6, 6.07) is 16.7. The van der Waals surface area contributed by atoms with E-state index in [1.54, 1.807) is 18.2 Å². The van der Waals surface area contributed by atoms with E-state index in [4.69, 9.17) is 0 Å². The smallest absolute Gasteiger partial charge is 0.246 e. The number of benzene rings is 2. The van der Waals surface area contributed by atoms with Gasteiger partial charge >= 0.3 is 0 Å². The van der Waals surface area contributed by atoms with Gasteiger partial charge in [0.2, 0.25) is 5.91 Å². The monoisotopic (exact) mass is 370 g/mol. The highest BCUT2D eigenvalue weighted by atomic mass is 32.2. The number of carbonyl (C=O) groups is 1. The van der Waals surface area contributed by atoms with Gasteiger partial charge in [0.25, 0.3) is 0 Å². The van der Waals surface area contributed by atoms with E-state index in [1.165, 1.54) is 6.26 Å². The van der Waals surface area contributed by atoms with Gasteiger partial charge in [-0.3, -0.25) is 4.79 Å². The van der Waals surface area contributed by atoms with Crippen LogP contribution in [0, 0.1) is 0 Å². The van der Waals surface area contributed by atoms with E-state index >= 15 is 0 Å². The van der Waals surface area contributed by atoms with E-state index in [9.17, 15) is 13.2 Å². The van der Waals surface area contributed by atoms with E-state index in [0.29, 0.717) is 18.0 Å². The molecule has 0 unspecified atom stereocenters. The molecule has 26 heavy (non-hydrogen) atoms. The molecule has 2 aromatic rings. The zero-order chi connectivity index (χ0) is 18.6. The maximum absolute atomic E-state index is 12.3. The van der Waals surface area contributed by atoms with Gasteiger partial charge in [-0.2, -0.15) is 0 Å². The second-order valence-corrected chi connectivity index (χ2v) is 8.34. The highest BCUT2D eigenvalue weighted by Crippen LogP contribution is 2.19. The minimum atomic E-state index is -3.18. The first-order valence-corrected chi connectivity index (χ1v) is 10.4. The molecule has 1 amide bonds. The van der Waals surface area contributed by atoms with E-state index in [0.717, 1.165) is 24.3 Å². The quantitative estimate of drug-likeness (QED) is 0.776. The molecule has 0 radical (unpaired) electrons. The van der Waals surface area contributed by atoms with Gasteiger partial charge in [0.15, 0.2) is 9.84 Å². The summed E-state index contributed by atoms with van der Waals surface area (Å²) < 4.78 is 23.1. The number of piperazine rings is 1. The van der Waals surface area contributed by atoms with Crippen LogP contribution in [0.1, 0.15) is 5.56 Å². The molecule has 0 N–H and O–H groups in total. The Morgan fingerprint density at radius 2 is 1.54 bits per heavy atom. The first-order chi connectivity index (χ1) is 12.4. The minimum Gasteiger partial charge on any atom is -0.368 e. The highest BCUT2D eigenvalue weighted by molar-refractivity contribution is 7.90. The minimum absolute atomic E-state index is 0.0147. The summed E-state index contributed by atoms with van der Waals surface area (Å²) >= 11 is 0. The fraction of sp³-hybridized carbons (Fsp3) is 0.250. The van der Waals surface area contributed by atoms with Crippen molar-refractivity contribution in [3.8, 4) is 0 Å². The Bertz CT molecular complexity index is 882. The second-order valence-electron chi connectivity index (χ2n) is 6.32. The summed E-state index contributed by atoms with van der Waals surface area (Å²) in [5, 5.41) is 0. The number of hydrogen-bond acceptors (Lipinski definition) is 4. The summed E-state index contributed by atoms with van der Waals surface area (Å²) in [6.45, 7) is 2.74. The lowest BCUT2D eigenvalue weighted by molar-refractivity contribution is -0.126. The predicted octanol–water partition coefficient (Wildman–Crippen LogP) is 2.45. The van der Waals surface area contributed by atoms with Crippen molar-refractivity contribution in [1.29, 1.82) is 0 Å². The zero-order valence-corrected chi connectivity index (χ0v) is 15.5. The second kappa shape index (κ2) is 7.74. The summed E-state index contributed by atoms with van der Waals surface area (Å²) in [6.07, 6.45) is 4.65. The van der Waals surface area contributed by atoms with Crippen LogP contribution in [0.3, 0.4) is 0 Å². The van der Waals surface area contributed by atoms with Crippen molar-refractivity contribution >= 4 is 27.5 Å². The van der Waals surface area contributed by atoms with E-state index < -0.39 is 9.84 Å². The maximum Gasteiger partial charge on any atom is 0.246 e. The molecule has 0 saturated carbocycles. The molecule has 1 aliphatic heterocycles. The molecule has 0 atom stereocenters. The normalized spacial score (nSPS) is 15.4. The average molecular weight is 370 g/mol. The Morgan fingerprint density at radius 3 is 2.12 bits per heavy atom. The van der Waals surface area contributed by atoms with Gasteiger partial charge < -0.3 is 9.80 Å². The molecular weight excluding hydrogens is 348 g/mol. The first kappa shape index (κ1) is 18.2. The van der Waals surface area contributed by atoms with E-state index in [2.05, 4.69) is 4.90 Å². The van der Waals surface area contributed by atoms with Crippen LogP contribution in [0.5, 0.6) is 0 Å². The van der Waals surface area contributed by atoms with Crippen LogP contribution in [0.15, 0.2) is 65.6 Å². The van der Waals surface area contributed by atoms with Gasteiger partial charge in [-0.05, 0) is 35.9 Å². The lowest BCUT2D eigenvalue weighted by Crippen LogP contribution is -2.48. The van der Waals surface area contributed by atoms with Crippen LogP contribution in [0.4, 0.5) is 5.69 Å². The number of rotatable bonds is 4. The summed E-state index contributed by atoms with van der Waals surface area (Å²) in [5.41, 5.74) is 1.98. The van der Waals surface area contributed by atoms with Crippen molar-refractivity contribution in [2.45, 2.75) is 4.90 Å². The summed E-state index contributed by atoms with van der Waals surface area (Å²) in [7, 11) is -3.18. The molecule has 136 valence electrons. The molecule has 6 heteroatoms. The van der Waals surface area contributed by atoms with Crippen LogP contribution in [-0.2, 0) is 14.6 Å². The van der Waals surface area contributed by atoms with Crippen molar-refractivity contribution in [2.75, 3.05) is 37.3 Å². The van der Waals surface area contributed by atoms with Gasteiger partial charge in [-0.15, -0.1) is 0 Å². The van der Waals surface area contributed by atoms with E-state index in [-0.39, 0.29) is 5.91 Å². The zero-order valence-electron chi connectivity index (χ0n) is 14.7. The number of nitrogens with zero attached hydrogens (tertiary/aromatic N) is 2.